The molecule has 5 heteroatoms. The molecule has 0 aliphatic heterocycles. The van der Waals surface area contributed by atoms with Crippen LogP contribution in [0.3, 0.4) is 0 Å². The summed E-state index contributed by atoms with van der Waals surface area (Å²) < 4.78 is 0.820. The highest BCUT2D eigenvalue weighted by molar-refractivity contribution is 9.10. The van der Waals surface area contributed by atoms with Crippen molar-refractivity contribution in [3.63, 3.8) is 0 Å². The van der Waals surface area contributed by atoms with Crippen LogP contribution in [0.15, 0.2) is 22.7 Å². The molecule has 0 spiro atoms. The molecule has 1 aromatic rings. The maximum absolute atomic E-state index is 12.1. The third-order valence-corrected chi connectivity index (χ3v) is 4.02. The van der Waals surface area contributed by atoms with E-state index >= 15 is 0 Å². The average molecular weight is 326 g/mol. The fraction of sp³-hybridized carbons (Fsp3) is 0.500. The summed E-state index contributed by atoms with van der Waals surface area (Å²) in [6.07, 6.45) is 2.55. The number of carbonyl (C=O) groups excluding carboxylic acids is 1. The van der Waals surface area contributed by atoms with Gasteiger partial charge in [-0.25, -0.2) is 0 Å². The lowest BCUT2D eigenvalue weighted by atomic mass is 10.2. The molecule has 1 fully saturated rings. The summed E-state index contributed by atoms with van der Waals surface area (Å²) in [6.45, 7) is 2.78. The van der Waals surface area contributed by atoms with Gasteiger partial charge in [0, 0.05) is 34.4 Å². The number of nitrogens with one attached hydrogen (secondary N) is 1. The quantitative estimate of drug-likeness (QED) is 0.816. The van der Waals surface area contributed by atoms with Crippen LogP contribution in [0.1, 0.15) is 30.1 Å². The number of rotatable bonds is 5. The van der Waals surface area contributed by atoms with E-state index in [4.69, 9.17) is 5.73 Å². The van der Waals surface area contributed by atoms with Gasteiger partial charge >= 0.3 is 0 Å². The van der Waals surface area contributed by atoms with E-state index in [1.807, 2.05) is 0 Å². The summed E-state index contributed by atoms with van der Waals surface area (Å²) in [6, 6.07) is 6.30. The number of benzene rings is 1. The van der Waals surface area contributed by atoms with Crippen molar-refractivity contribution >= 4 is 27.5 Å². The fourth-order valence-electron chi connectivity index (χ4n) is 2.07. The summed E-state index contributed by atoms with van der Waals surface area (Å²) >= 11 is 3.34. The minimum atomic E-state index is -0.0796. The molecule has 0 radical (unpaired) electrons. The molecule has 104 valence electrons. The van der Waals surface area contributed by atoms with E-state index in [1.54, 1.807) is 18.2 Å². The van der Waals surface area contributed by atoms with Crippen LogP contribution < -0.4 is 11.1 Å². The number of hydrogen-bond acceptors (Lipinski definition) is 3. The second-order valence-electron chi connectivity index (χ2n) is 5.23. The first-order valence-electron chi connectivity index (χ1n) is 6.53. The minimum absolute atomic E-state index is 0.0796. The van der Waals surface area contributed by atoms with E-state index in [0.717, 1.165) is 4.47 Å². The van der Waals surface area contributed by atoms with Crippen LogP contribution in [0.5, 0.6) is 0 Å². The topological polar surface area (TPSA) is 58.4 Å². The Bertz CT molecular complexity index is 454. The summed E-state index contributed by atoms with van der Waals surface area (Å²) in [7, 11) is 2.12. The molecule has 0 saturated heterocycles. The Kier molecular flexibility index (Phi) is 4.47. The summed E-state index contributed by atoms with van der Waals surface area (Å²) in [4.78, 5) is 14.4. The third-order valence-electron chi connectivity index (χ3n) is 3.56. The Labute approximate surface area is 122 Å². The Morgan fingerprint density at radius 1 is 1.53 bits per heavy atom. The van der Waals surface area contributed by atoms with Gasteiger partial charge in [-0.3, -0.25) is 9.69 Å². The zero-order chi connectivity index (χ0) is 14.0. The number of hydrogen-bond donors (Lipinski definition) is 2. The van der Waals surface area contributed by atoms with E-state index in [1.165, 1.54) is 12.8 Å². The molecule has 1 amide bonds. The molecule has 0 heterocycles. The maximum Gasteiger partial charge on any atom is 0.251 e. The molecule has 0 aromatic heterocycles. The Morgan fingerprint density at radius 2 is 2.21 bits per heavy atom. The molecule has 1 saturated carbocycles. The minimum Gasteiger partial charge on any atom is -0.399 e. The number of likely N-dealkylation sites (N-methyl/N-ethyl adjacent to an activating group) is 1. The van der Waals surface area contributed by atoms with Gasteiger partial charge < -0.3 is 11.1 Å². The number of carbonyl (C=O) groups is 1. The Hall–Kier alpha value is -1.07. The van der Waals surface area contributed by atoms with Crippen molar-refractivity contribution in [3.05, 3.63) is 28.2 Å². The lowest BCUT2D eigenvalue weighted by Crippen LogP contribution is -2.41. The Balaban J connectivity index is 1.89. The molecule has 19 heavy (non-hydrogen) atoms. The molecule has 4 nitrogen and oxygen atoms in total. The molecular weight excluding hydrogens is 306 g/mol. The molecule has 0 bridgehead atoms. The van der Waals surface area contributed by atoms with Gasteiger partial charge in [0.05, 0.1) is 0 Å². The van der Waals surface area contributed by atoms with E-state index in [0.29, 0.717) is 29.9 Å². The standard InChI is InChI=1S/C14H20BrN3O/c1-9(18(2)13-3-4-13)8-17-14(19)10-5-11(15)7-12(16)6-10/h5-7,9,13H,3-4,8,16H2,1-2H3,(H,17,19). The first-order chi connectivity index (χ1) is 8.97. The molecule has 2 rings (SSSR count). The average Bonchev–Trinajstić information content (AvgIpc) is 3.17. The number of nitrogen functional groups attached to an aromatic ring is 1. The van der Waals surface area contributed by atoms with Crippen LogP contribution in [0.25, 0.3) is 0 Å². The van der Waals surface area contributed by atoms with Gasteiger partial charge in [0.1, 0.15) is 0 Å². The molecule has 1 unspecified atom stereocenters. The lowest BCUT2D eigenvalue weighted by molar-refractivity contribution is 0.0939. The largest absolute Gasteiger partial charge is 0.399 e. The zero-order valence-electron chi connectivity index (χ0n) is 11.3. The second kappa shape index (κ2) is 5.92. The van der Waals surface area contributed by atoms with Gasteiger partial charge in [-0.15, -0.1) is 0 Å². The number of halogens is 1. The summed E-state index contributed by atoms with van der Waals surface area (Å²) in [5.74, 6) is -0.0796. The van der Waals surface area contributed by atoms with Crippen molar-refractivity contribution in [2.75, 3.05) is 19.3 Å². The number of amides is 1. The van der Waals surface area contributed by atoms with Gasteiger partial charge in [-0.05, 0) is 45.0 Å². The van der Waals surface area contributed by atoms with E-state index in [2.05, 4.69) is 40.1 Å². The van der Waals surface area contributed by atoms with Crippen molar-refractivity contribution in [1.82, 2.24) is 10.2 Å². The van der Waals surface area contributed by atoms with Crippen molar-refractivity contribution in [3.8, 4) is 0 Å². The van der Waals surface area contributed by atoms with Crippen LogP contribution >= 0.6 is 15.9 Å². The predicted octanol–water partition coefficient (Wildman–Crippen LogP) is 2.24. The van der Waals surface area contributed by atoms with Crippen LogP contribution in [-0.2, 0) is 0 Å². The molecule has 1 aliphatic carbocycles. The van der Waals surface area contributed by atoms with Crippen LogP contribution in [0.4, 0.5) is 5.69 Å². The fourth-order valence-corrected chi connectivity index (χ4v) is 2.58. The highest BCUT2D eigenvalue weighted by Gasteiger charge is 2.29. The first-order valence-corrected chi connectivity index (χ1v) is 7.33. The maximum atomic E-state index is 12.1. The van der Waals surface area contributed by atoms with E-state index < -0.39 is 0 Å². The second-order valence-corrected chi connectivity index (χ2v) is 6.14. The van der Waals surface area contributed by atoms with Gasteiger partial charge in [0.2, 0.25) is 0 Å². The Morgan fingerprint density at radius 3 is 2.79 bits per heavy atom. The normalized spacial score (nSPS) is 16.4. The third kappa shape index (κ3) is 3.94. The first kappa shape index (κ1) is 14.3. The predicted molar refractivity (Wildman–Crippen MR) is 81.1 cm³/mol. The van der Waals surface area contributed by atoms with Gasteiger partial charge in [0.15, 0.2) is 0 Å². The van der Waals surface area contributed by atoms with E-state index in [-0.39, 0.29) is 5.91 Å². The lowest BCUT2D eigenvalue weighted by Gasteiger charge is -2.24. The number of anilines is 1. The van der Waals surface area contributed by atoms with Gasteiger partial charge in [-0.2, -0.15) is 0 Å². The monoisotopic (exact) mass is 325 g/mol. The molecule has 1 aromatic carbocycles. The smallest absolute Gasteiger partial charge is 0.251 e. The number of nitrogens with zero attached hydrogens (tertiary/aromatic N) is 1. The van der Waals surface area contributed by atoms with Crippen LogP contribution in [0, 0.1) is 0 Å². The van der Waals surface area contributed by atoms with Gasteiger partial charge in [0.25, 0.3) is 5.91 Å². The molecule has 3 N–H and O–H groups in total. The van der Waals surface area contributed by atoms with E-state index in [9.17, 15) is 4.79 Å². The van der Waals surface area contributed by atoms with Crippen molar-refractivity contribution in [1.29, 1.82) is 0 Å². The number of nitrogens with two attached hydrogens (primary N) is 1. The molecule has 1 atom stereocenters. The SMILES string of the molecule is CC(CNC(=O)c1cc(N)cc(Br)c1)N(C)C1CC1. The van der Waals surface area contributed by atoms with Crippen molar-refractivity contribution in [2.24, 2.45) is 0 Å². The molecular formula is C14H20BrN3O. The summed E-state index contributed by atoms with van der Waals surface area (Å²) in [5, 5.41) is 2.96. The highest BCUT2D eigenvalue weighted by atomic mass is 79.9. The van der Waals surface area contributed by atoms with Crippen molar-refractivity contribution in [2.45, 2.75) is 31.8 Å². The van der Waals surface area contributed by atoms with Crippen LogP contribution in [0.2, 0.25) is 0 Å². The summed E-state index contributed by atoms with van der Waals surface area (Å²) in [5.41, 5.74) is 6.91. The highest BCUT2D eigenvalue weighted by Crippen LogP contribution is 2.26. The van der Waals surface area contributed by atoms with Crippen LogP contribution in [-0.4, -0.2) is 36.5 Å². The zero-order valence-corrected chi connectivity index (χ0v) is 12.9. The molecule has 1 aliphatic rings. The van der Waals surface area contributed by atoms with Gasteiger partial charge in [-0.1, -0.05) is 15.9 Å². The van der Waals surface area contributed by atoms with Crippen molar-refractivity contribution < 1.29 is 4.79 Å².